The molecule has 1 rings (SSSR count). The highest BCUT2D eigenvalue weighted by molar-refractivity contribution is 4.98. The van der Waals surface area contributed by atoms with Gasteiger partial charge in [0.1, 0.15) is 0 Å². The van der Waals surface area contributed by atoms with Crippen molar-refractivity contribution >= 4 is 0 Å². The van der Waals surface area contributed by atoms with Crippen molar-refractivity contribution in [2.75, 3.05) is 0 Å². The second-order valence-electron chi connectivity index (χ2n) is 2.14. The Morgan fingerprint density at radius 2 is 2.67 bits per heavy atom. The van der Waals surface area contributed by atoms with Crippen molar-refractivity contribution in [3.63, 3.8) is 0 Å². The molecule has 0 aliphatic carbocycles. The van der Waals surface area contributed by atoms with Gasteiger partial charge in [0.2, 0.25) is 0 Å². The molecule has 0 spiro atoms. The summed E-state index contributed by atoms with van der Waals surface area (Å²) in [5.41, 5.74) is 0.977. The fraction of sp³-hybridized carbons (Fsp3) is 0.500. The molecule has 0 saturated heterocycles. The molecule has 0 unspecified atom stereocenters. The van der Waals surface area contributed by atoms with E-state index in [2.05, 4.69) is 10.2 Å². The van der Waals surface area contributed by atoms with Crippen LogP contribution >= 0.6 is 0 Å². The molecule has 3 heteroatoms. The number of aromatic amines is 1. The molecule has 0 bridgehead atoms. The third-order valence-corrected chi connectivity index (χ3v) is 1.07. The Balaban J connectivity index is 2.48. The van der Waals surface area contributed by atoms with Crippen LogP contribution in [-0.2, 0) is 6.42 Å². The van der Waals surface area contributed by atoms with Crippen LogP contribution in [0.4, 0.5) is 0 Å². The lowest BCUT2D eigenvalue weighted by Gasteiger charge is -1.98. The summed E-state index contributed by atoms with van der Waals surface area (Å²) in [6.45, 7) is 1.75. The molecule has 0 radical (unpaired) electrons. The molecular weight excluding hydrogens is 116 g/mol. The molecule has 1 heterocycles. The first-order valence-corrected chi connectivity index (χ1v) is 2.95. The lowest BCUT2D eigenvalue weighted by Crippen LogP contribution is -2.04. The summed E-state index contributed by atoms with van der Waals surface area (Å²) in [7, 11) is 0. The lowest BCUT2D eigenvalue weighted by molar-refractivity contribution is 0.194. The summed E-state index contributed by atoms with van der Waals surface area (Å²) in [5, 5.41) is 15.4. The molecule has 1 aromatic heterocycles. The van der Waals surface area contributed by atoms with Gasteiger partial charge in [0, 0.05) is 18.3 Å². The first-order valence-electron chi connectivity index (χ1n) is 2.95. The van der Waals surface area contributed by atoms with Gasteiger partial charge in [-0.3, -0.25) is 5.10 Å². The van der Waals surface area contributed by atoms with E-state index in [0.29, 0.717) is 6.42 Å². The zero-order valence-corrected chi connectivity index (χ0v) is 5.33. The number of aromatic nitrogens is 2. The van der Waals surface area contributed by atoms with E-state index in [9.17, 15) is 0 Å². The van der Waals surface area contributed by atoms with Crippen molar-refractivity contribution in [3.8, 4) is 0 Å². The van der Waals surface area contributed by atoms with Crippen molar-refractivity contribution in [1.29, 1.82) is 0 Å². The van der Waals surface area contributed by atoms with Gasteiger partial charge in [0.15, 0.2) is 0 Å². The van der Waals surface area contributed by atoms with E-state index in [1.54, 1.807) is 13.1 Å². The number of nitrogens with one attached hydrogen (secondary N) is 1. The molecule has 0 aliphatic heterocycles. The Bertz CT molecular complexity index is 158. The van der Waals surface area contributed by atoms with Crippen LogP contribution in [0.25, 0.3) is 0 Å². The Morgan fingerprint density at radius 3 is 3.11 bits per heavy atom. The standard InChI is InChI=1S/C6H10N2O/c1-5(9)4-6-2-3-7-8-6/h2-3,5,9H,4H2,1H3,(H,7,8)/t5-/m0/s1. The smallest absolute Gasteiger partial charge is 0.0567 e. The third kappa shape index (κ3) is 1.85. The minimum atomic E-state index is -0.287. The number of nitrogens with zero attached hydrogens (tertiary/aromatic N) is 1. The Hall–Kier alpha value is -0.830. The van der Waals surface area contributed by atoms with Crippen LogP contribution in [0.3, 0.4) is 0 Å². The van der Waals surface area contributed by atoms with Crippen LogP contribution in [-0.4, -0.2) is 21.4 Å². The number of hydrogen-bond acceptors (Lipinski definition) is 2. The van der Waals surface area contributed by atoms with E-state index in [4.69, 9.17) is 5.11 Å². The summed E-state index contributed by atoms with van der Waals surface area (Å²) >= 11 is 0. The van der Waals surface area contributed by atoms with Gasteiger partial charge in [-0.15, -0.1) is 0 Å². The van der Waals surface area contributed by atoms with Crippen LogP contribution < -0.4 is 0 Å². The Morgan fingerprint density at radius 1 is 1.89 bits per heavy atom. The SMILES string of the molecule is C[C@H](O)Cc1ccn[nH]1. The third-order valence-electron chi connectivity index (χ3n) is 1.07. The second kappa shape index (κ2) is 2.64. The zero-order valence-electron chi connectivity index (χ0n) is 5.33. The molecule has 0 aromatic carbocycles. The molecule has 0 fully saturated rings. The molecule has 0 amide bonds. The number of aliphatic hydroxyl groups is 1. The lowest BCUT2D eigenvalue weighted by atomic mass is 10.2. The molecule has 1 aromatic rings. The predicted molar refractivity (Wildman–Crippen MR) is 34.0 cm³/mol. The van der Waals surface area contributed by atoms with Gasteiger partial charge in [-0.1, -0.05) is 0 Å². The van der Waals surface area contributed by atoms with Crippen LogP contribution in [0.2, 0.25) is 0 Å². The largest absolute Gasteiger partial charge is 0.393 e. The maximum Gasteiger partial charge on any atom is 0.0567 e. The average Bonchev–Trinajstić information content (AvgIpc) is 2.15. The highest BCUT2D eigenvalue weighted by Crippen LogP contribution is 1.95. The van der Waals surface area contributed by atoms with Gasteiger partial charge in [-0.05, 0) is 13.0 Å². The maximum absolute atomic E-state index is 8.88. The quantitative estimate of drug-likeness (QED) is 0.600. The van der Waals surface area contributed by atoms with Crippen LogP contribution in [0.5, 0.6) is 0 Å². The van der Waals surface area contributed by atoms with Crippen LogP contribution in [0, 0.1) is 0 Å². The van der Waals surface area contributed by atoms with E-state index in [1.807, 2.05) is 6.07 Å². The summed E-state index contributed by atoms with van der Waals surface area (Å²) in [6, 6.07) is 1.85. The van der Waals surface area contributed by atoms with Crippen molar-refractivity contribution in [1.82, 2.24) is 10.2 Å². The van der Waals surface area contributed by atoms with Gasteiger partial charge in [-0.2, -0.15) is 5.10 Å². The predicted octanol–water partition coefficient (Wildman–Crippen LogP) is 0.333. The van der Waals surface area contributed by atoms with Crippen molar-refractivity contribution < 1.29 is 5.11 Å². The molecule has 0 aliphatic rings. The average molecular weight is 126 g/mol. The Kier molecular flexibility index (Phi) is 1.85. The van der Waals surface area contributed by atoms with E-state index >= 15 is 0 Å². The van der Waals surface area contributed by atoms with Gasteiger partial charge >= 0.3 is 0 Å². The molecule has 9 heavy (non-hydrogen) atoms. The van der Waals surface area contributed by atoms with Crippen molar-refractivity contribution in [3.05, 3.63) is 18.0 Å². The number of aliphatic hydroxyl groups excluding tert-OH is 1. The van der Waals surface area contributed by atoms with E-state index in [0.717, 1.165) is 5.69 Å². The van der Waals surface area contributed by atoms with Gasteiger partial charge in [-0.25, -0.2) is 0 Å². The monoisotopic (exact) mass is 126 g/mol. The zero-order chi connectivity index (χ0) is 6.69. The highest BCUT2D eigenvalue weighted by Gasteiger charge is 1.97. The fourth-order valence-corrected chi connectivity index (χ4v) is 0.717. The minimum absolute atomic E-state index is 0.287. The minimum Gasteiger partial charge on any atom is -0.393 e. The fourth-order valence-electron chi connectivity index (χ4n) is 0.717. The highest BCUT2D eigenvalue weighted by atomic mass is 16.3. The molecule has 3 nitrogen and oxygen atoms in total. The van der Waals surface area contributed by atoms with Crippen LogP contribution in [0.15, 0.2) is 12.3 Å². The second-order valence-corrected chi connectivity index (χ2v) is 2.14. The van der Waals surface area contributed by atoms with Crippen molar-refractivity contribution in [2.24, 2.45) is 0 Å². The first kappa shape index (κ1) is 6.29. The van der Waals surface area contributed by atoms with Gasteiger partial charge in [0.25, 0.3) is 0 Å². The maximum atomic E-state index is 8.88. The topological polar surface area (TPSA) is 48.9 Å². The first-order chi connectivity index (χ1) is 4.29. The van der Waals surface area contributed by atoms with Crippen molar-refractivity contribution in [2.45, 2.75) is 19.4 Å². The van der Waals surface area contributed by atoms with E-state index < -0.39 is 0 Å². The molecule has 0 saturated carbocycles. The molecule has 1 atom stereocenters. The number of H-pyrrole nitrogens is 1. The Labute approximate surface area is 53.7 Å². The van der Waals surface area contributed by atoms with Gasteiger partial charge in [0.05, 0.1) is 6.10 Å². The summed E-state index contributed by atoms with van der Waals surface area (Å²) in [6.07, 6.45) is 2.04. The number of rotatable bonds is 2. The summed E-state index contributed by atoms with van der Waals surface area (Å²) < 4.78 is 0. The molecular formula is C6H10N2O. The molecule has 50 valence electrons. The van der Waals surface area contributed by atoms with E-state index in [-0.39, 0.29) is 6.10 Å². The molecule has 2 N–H and O–H groups in total. The normalized spacial score (nSPS) is 13.6. The van der Waals surface area contributed by atoms with E-state index in [1.165, 1.54) is 0 Å². The number of hydrogen-bond donors (Lipinski definition) is 2. The van der Waals surface area contributed by atoms with Gasteiger partial charge < -0.3 is 5.11 Å². The van der Waals surface area contributed by atoms with Crippen LogP contribution in [0.1, 0.15) is 12.6 Å². The summed E-state index contributed by atoms with van der Waals surface area (Å²) in [4.78, 5) is 0. The summed E-state index contributed by atoms with van der Waals surface area (Å²) in [5.74, 6) is 0.